The van der Waals surface area contributed by atoms with E-state index in [0.29, 0.717) is 11.4 Å². The monoisotopic (exact) mass is 581 g/mol. The highest BCUT2D eigenvalue weighted by Crippen LogP contribution is 2.30. The van der Waals surface area contributed by atoms with Crippen molar-refractivity contribution in [3.63, 3.8) is 0 Å². The highest BCUT2D eigenvalue weighted by Gasteiger charge is 2.37. The summed E-state index contributed by atoms with van der Waals surface area (Å²) < 4.78 is 0. The Morgan fingerprint density at radius 1 is 0.605 bits per heavy atom. The van der Waals surface area contributed by atoms with Gasteiger partial charge in [-0.25, -0.2) is 4.90 Å². The van der Waals surface area contributed by atoms with Crippen molar-refractivity contribution in [3.05, 3.63) is 133 Å². The van der Waals surface area contributed by atoms with Crippen LogP contribution < -0.4 is 26.6 Å². The Hall–Kier alpha value is -6.64. The Morgan fingerprint density at radius 3 is 1.60 bits per heavy atom. The second-order valence-electron chi connectivity index (χ2n) is 9.02. The zero-order valence-corrected chi connectivity index (χ0v) is 21.8. The van der Waals surface area contributed by atoms with Gasteiger partial charge in [0.1, 0.15) is 0 Å². The molecule has 0 atom stereocenters. The van der Waals surface area contributed by atoms with Crippen LogP contribution >= 0.6 is 0 Å². The number of fused-ring (bicyclic) bond motifs is 1. The Morgan fingerprint density at radius 2 is 1.09 bits per heavy atom. The molecule has 43 heavy (non-hydrogen) atoms. The van der Waals surface area contributed by atoms with Gasteiger partial charge >= 0.3 is 0 Å². The van der Waals surface area contributed by atoms with Crippen molar-refractivity contribution >= 4 is 52.1 Å². The third kappa shape index (κ3) is 5.80. The van der Waals surface area contributed by atoms with Crippen LogP contribution in [0.5, 0.6) is 0 Å². The van der Waals surface area contributed by atoms with Gasteiger partial charge in [0.25, 0.3) is 35.0 Å². The van der Waals surface area contributed by atoms with Gasteiger partial charge in [-0.3, -0.25) is 61.1 Å². The van der Waals surface area contributed by atoms with E-state index >= 15 is 0 Å². The largest absolute Gasteiger partial charge is 0.298 e. The molecule has 0 saturated heterocycles. The quantitative estimate of drug-likeness (QED) is 0.128. The lowest BCUT2D eigenvalue weighted by molar-refractivity contribution is -0.385. The van der Waals surface area contributed by atoms with Crippen LogP contribution in [0.2, 0.25) is 0 Å². The molecule has 4 amide bonds. The average molecular weight is 582 g/mol. The molecule has 4 aromatic carbocycles. The molecule has 0 aliphatic carbocycles. The SMILES string of the molecule is O=C(NNc1ccc([N+](=O)[O-])cc1)c1cccc(N2C(=O)c3ccc(C(=O)NNc4ccc([N+](=O)[O-])cc4)cc3C2=O)c1. The van der Waals surface area contributed by atoms with Crippen LogP contribution in [0.4, 0.5) is 28.4 Å². The number of benzene rings is 4. The Bertz CT molecular complexity index is 1810. The number of hydrogen-bond acceptors (Lipinski definition) is 10. The van der Waals surface area contributed by atoms with E-state index in [1.165, 1.54) is 91.0 Å². The minimum atomic E-state index is -0.695. The minimum Gasteiger partial charge on any atom is -0.298 e. The first-order valence-corrected chi connectivity index (χ1v) is 12.4. The number of rotatable bonds is 9. The summed E-state index contributed by atoms with van der Waals surface area (Å²) >= 11 is 0. The van der Waals surface area contributed by atoms with E-state index < -0.39 is 33.5 Å². The van der Waals surface area contributed by atoms with Crippen LogP contribution in [0, 0.1) is 20.2 Å². The predicted molar refractivity (Wildman–Crippen MR) is 152 cm³/mol. The van der Waals surface area contributed by atoms with Gasteiger partial charge in [-0.05, 0) is 60.7 Å². The molecule has 0 bridgehead atoms. The molecule has 4 aromatic rings. The van der Waals surface area contributed by atoms with Crippen LogP contribution in [0.15, 0.2) is 91.0 Å². The Kier molecular flexibility index (Phi) is 7.44. The van der Waals surface area contributed by atoms with Gasteiger partial charge in [-0.2, -0.15) is 0 Å². The van der Waals surface area contributed by atoms with Crippen molar-refractivity contribution < 1.29 is 29.0 Å². The van der Waals surface area contributed by atoms with Crippen molar-refractivity contribution in [1.29, 1.82) is 0 Å². The molecule has 0 aromatic heterocycles. The number of hydrazine groups is 2. The third-order valence-corrected chi connectivity index (χ3v) is 6.31. The zero-order valence-electron chi connectivity index (χ0n) is 21.8. The summed E-state index contributed by atoms with van der Waals surface area (Å²) in [7, 11) is 0. The lowest BCUT2D eigenvalue weighted by Gasteiger charge is -2.15. The van der Waals surface area contributed by atoms with Gasteiger partial charge in [0.15, 0.2) is 0 Å². The second kappa shape index (κ2) is 11.5. The summed E-state index contributed by atoms with van der Waals surface area (Å²) in [5, 5.41) is 21.6. The fourth-order valence-electron chi connectivity index (χ4n) is 4.14. The molecule has 0 fully saturated rings. The number of nitro groups is 2. The van der Waals surface area contributed by atoms with Crippen LogP contribution in [0.3, 0.4) is 0 Å². The van der Waals surface area contributed by atoms with Crippen molar-refractivity contribution in [2.24, 2.45) is 0 Å². The molecule has 1 aliphatic rings. The van der Waals surface area contributed by atoms with Gasteiger partial charge in [0, 0.05) is 35.4 Å². The standard InChI is InChI=1S/C28H19N7O8/c36-25(31-29-18-5-9-20(10-6-18)34(40)41)16-2-1-3-22(14-16)33-27(38)23-13-4-17(15-24(23)28(33)39)26(37)32-30-19-7-11-21(12-8-19)35(42)43/h1-15,29-30H,(H,31,36)(H,32,37). The van der Waals surface area contributed by atoms with E-state index in [1.54, 1.807) is 0 Å². The third-order valence-electron chi connectivity index (χ3n) is 6.31. The molecule has 0 saturated carbocycles. The van der Waals surface area contributed by atoms with Crippen molar-refractivity contribution in [2.45, 2.75) is 0 Å². The molecular weight excluding hydrogens is 562 g/mol. The van der Waals surface area contributed by atoms with Crippen molar-refractivity contribution in [1.82, 2.24) is 10.9 Å². The maximum Gasteiger partial charge on any atom is 0.269 e. The lowest BCUT2D eigenvalue weighted by atomic mass is 10.1. The summed E-state index contributed by atoms with van der Waals surface area (Å²) in [5.74, 6) is -2.56. The molecule has 1 heterocycles. The fourth-order valence-corrected chi connectivity index (χ4v) is 4.14. The predicted octanol–water partition coefficient (Wildman–Crippen LogP) is 3.82. The summed E-state index contributed by atoms with van der Waals surface area (Å²) in [6.45, 7) is 0. The van der Waals surface area contributed by atoms with E-state index in [4.69, 9.17) is 0 Å². The molecule has 4 N–H and O–H groups in total. The molecule has 5 rings (SSSR count). The number of non-ortho nitro benzene ring substituents is 2. The molecule has 0 unspecified atom stereocenters. The minimum absolute atomic E-state index is 0.0114. The number of carbonyl (C=O) groups is 4. The summed E-state index contributed by atoms with van der Waals surface area (Å²) in [6, 6.07) is 20.4. The van der Waals surface area contributed by atoms with E-state index in [-0.39, 0.29) is 39.3 Å². The number of nitrogens with one attached hydrogen (secondary N) is 4. The van der Waals surface area contributed by atoms with Crippen LogP contribution in [-0.2, 0) is 0 Å². The zero-order chi connectivity index (χ0) is 30.7. The van der Waals surface area contributed by atoms with E-state index in [1.807, 2.05) is 0 Å². The summed E-state index contributed by atoms with van der Waals surface area (Å²) in [4.78, 5) is 73.2. The lowest BCUT2D eigenvalue weighted by Crippen LogP contribution is -2.31. The Balaban J connectivity index is 1.26. The van der Waals surface area contributed by atoms with Crippen LogP contribution in [0.25, 0.3) is 0 Å². The highest BCUT2D eigenvalue weighted by atomic mass is 16.6. The number of anilines is 3. The average Bonchev–Trinajstić information content (AvgIpc) is 3.27. The van der Waals surface area contributed by atoms with Crippen LogP contribution in [-0.4, -0.2) is 33.5 Å². The smallest absolute Gasteiger partial charge is 0.269 e. The topological polar surface area (TPSA) is 206 Å². The van der Waals surface area contributed by atoms with Crippen LogP contribution in [0.1, 0.15) is 41.4 Å². The van der Waals surface area contributed by atoms with Gasteiger partial charge < -0.3 is 0 Å². The van der Waals surface area contributed by atoms with E-state index in [9.17, 15) is 39.4 Å². The van der Waals surface area contributed by atoms with E-state index in [2.05, 4.69) is 21.7 Å². The summed E-state index contributed by atoms with van der Waals surface area (Å²) in [5.41, 5.74) is 11.0. The van der Waals surface area contributed by atoms with Crippen molar-refractivity contribution in [3.8, 4) is 0 Å². The first-order valence-electron chi connectivity index (χ1n) is 12.4. The number of nitrogens with zero attached hydrogens (tertiary/aromatic N) is 3. The summed E-state index contributed by atoms with van der Waals surface area (Å²) in [6.07, 6.45) is 0. The van der Waals surface area contributed by atoms with E-state index in [0.717, 1.165) is 4.90 Å². The first kappa shape index (κ1) is 27.9. The molecule has 0 spiro atoms. The maximum atomic E-state index is 13.3. The molecule has 15 nitrogen and oxygen atoms in total. The molecule has 0 radical (unpaired) electrons. The van der Waals surface area contributed by atoms with Crippen molar-refractivity contribution in [2.75, 3.05) is 15.8 Å². The fraction of sp³-hybridized carbons (Fsp3) is 0. The number of hydrogen-bond donors (Lipinski definition) is 4. The normalized spacial score (nSPS) is 11.9. The highest BCUT2D eigenvalue weighted by molar-refractivity contribution is 6.34. The molecular formula is C28H19N7O8. The second-order valence-corrected chi connectivity index (χ2v) is 9.02. The number of amides is 4. The van der Waals surface area contributed by atoms with Gasteiger partial charge in [-0.1, -0.05) is 6.07 Å². The number of carbonyl (C=O) groups excluding carboxylic acids is 4. The first-order chi connectivity index (χ1) is 20.6. The van der Waals surface area contributed by atoms with Gasteiger partial charge in [0.05, 0.1) is 38.0 Å². The maximum absolute atomic E-state index is 13.3. The number of nitro benzene ring substituents is 2. The molecule has 1 aliphatic heterocycles. The Labute approximate surface area is 241 Å². The molecule has 15 heteroatoms. The van der Waals surface area contributed by atoms with Gasteiger partial charge in [-0.15, -0.1) is 0 Å². The van der Waals surface area contributed by atoms with Gasteiger partial charge in [0.2, 0.25) is 0 Å². The molecule has 214 valence electrons. The number of imide groups is 1.